The van der Waals surface area contributed by atoms with Gasteiger partial charge in [-0.25, -0.2) is 0 Å². The summed E-state index contributed by atoms with van der Waals surface area (Å²) < 4.78 is 1.15. The summed E-state index contributed by atoms with van der Waals surface area (Å²) in [5.74, 6) is 0.590. The zero-order valence-corrected chi connectivity index (χ0v) is 12.2. The van der Waals surface area contributed by atoms with Crippen LogP contribution >= 0.6 is 15.9 Å². The fourth-order valence-electron chi connectivity index (χ4n) is 2.86. The van der Waals surface area contributed by atoms with E-state index in [1.54, 1.807) is 0 Å². The van der Waals surface area contributed by atoms with Crippen molar-refractivity contribution in [2.45, 2.75) is 32.4 Å². The van der Waals surface area contributed by atoms with Gasteiger partial charge in [-0.1, -0.05) is 28.1 Å². The highest BCUT2D eigenvalue weighted by atomic mass is 79.9. The van der Waals surface area contributed by atoms with Crippen LogP contribution in [0.15, 0.2) is 28.7 Å². The summed E-state index contributed by atoms with van der Waals surface area (Å²) >= 11 is 3.56. The zero-order valence-electron chi connectivity index (χ0n) is 10.6. The van der Waals surface area contributed by atoms with Gasteiger partial charge in [-0.05, 0) is 57.0 Å². The van der Waals surface area contributed by atoms with E-state index < -0.39 is 0 Å². The standard InChI is InChI=1S/C14H21BrN2/c1-10(2)17-7-6-12(9-16)14(17)11-4-3-5-13(15)8-11/h3-5,8,10,12,14H,6-7,9,16H2,1-2H3. The van der Waals surface area contributed by atoms with Gasteiger partial charge >= 0.3 is 0 Å². The van der Waals surface area contributed by atoms with E-state index in [2.05, 4.69) is 58.9 Å². The van der Waals surface area contributed by atoms with Crippen LogP contribution in [0.2, 0.25) is 0 Å². The second kappa shape index (κ2) is 5.51. The van der Waals surface area contributed by atoms with Crippen LogP contribution in [0.4, 0.5) is 0 Å². The Labute approximate surface area is 112 Å². The Morgan fingerprint density at radius 1 is 1.47 bits per heavy atom. The van der Waals surface area contributed by atoms with Crippen molar-refractivity contribution < 1.29 is 0 Å². The minimum absolute atomic E-state index is 0.484. The first-order valence-corrected chi connectivity index (χ1v) is 7.14. The fourth-order valence-corrected chi connectivity index (χ4v) is 3.28. The molecule has 2 N–H and O–H groups in total. The molecule has 1 aromatic rings. The number of hydrogen-bond acceptors (Lipinski definition) is 2. The lowest BCUT2D eigenvalue weighted by Gasteiger charge is -2.31. The highest BCUT2D eigenvalue weighted by molar-refractivity contribution is 9.10. The molecular formula is C14H21BrN2. The van der Waals surface area contributed by atoms with E-state index in [1.807, 2.05) is 0 Å². The van der Waals surface area contributed by atoms with Gasteiger partial charge in [0.15, 0.2) is 0 Å². The third-order valence-corrected chi connectivity index (χ3v) is 4.21. The van der Waals surface area contributed by atoms with Gasteiger partial charge in [-0.2, -0.15) is 0 Å². The van der Waals surface area contributed by atoms with Gasteiger partial charge in [-0.15, -0.1) is 0 Å². The molecular weight excluding hydrogens is 276 g/mol. The van der Waals surface area contributed by atoms with Crippen molar-refractivity contribution in [3.63, 3.8) is 0 Å². The normalized spacial score (nSPS) is 25.7. The van der Waals surface area contributed by atoms with E-state index in [0.29, 0.717) is 18.0 Å². The molecule has 1 fully saturated rings. The van der Waals surface area contributed by atoms with E-state index in [4.69, 9.17) is 5.73 Å². The summed E-state index contributed by atoms with van der Waals surface area (Å²) in [6, 6.07) is 9.71. The van der Waals surface area contributed by atoms with Gasteiger partial charge in [0, 0.05) is 16.6 Å². The molecule has 1 aliphatic heterocycles. The molecule has 0 amide bonds. The van der Waals surface area contributed by atoms with Crippen molar-refractivity contribution >= 4 is 15.9 Å². The predicted molar refractivity (Wildman–Crippen MR) is 75.9 cm³/mol. The minimum Gasteiger partial charge on any atom is -0.330 e. The van der Waals surface area contributed by atoms with E-state index in [0.717, 1.165) is 17.6 Å². The lowest BCUT2D eigenvalue weighted by atomic mass is 9.93. The third kappa shape index (κ3) is 2.72. The first-order valence-electron chi connectivity index (χ1n) is 6.34. The second-order valence-electron chi connectivity index (χ2n) is 5.12. The molecule has 1 aromatic carbocycles. The molecule has 0 radical (unpaired) electrons. The molecule has 2 rings (SSSR count). The molecule has 0 spiro atoms. The van der Waals surface area contributed by atoms with Crippen molar-refractivity contribution in [1.29, 1.82) is 0 Å². The van der Waals surface area contributed by atoms with Gasteiger partial charge in [0.1, 0.15) is 0 Å². The van der Waals surface area contributed by atoms with Crippen LogP contribution in [0.1, 0.15) is 31.9 Å². The molecule has 1 aliphatic rings. The largest absolute Gasteiger partial charge is 0.330 e. The SMILES string of the molecule is CC(C)N1CCC(CN)C1c1cccc(Br)c1. The molecule has 1 heterocycles. The molecule has 94 valence electrons. The van der Waals surface area contributed by atoms with Gasteiger partial charge in [0.05, 0.1) is 0 Å². The molecule has 0 aromatic heterocycles. The van der Waals surface area contributed by atoms with Crippen molar-refractivity contribution in [3.05, 3.63) is 34.3 Å². The molecule has 0 aliphatic carbocycles. The Kier molecular flexibility index (Phi) is 4.23. The van der Waals surface area contributed by atoms with Crippen LogP contribution in [0.3, 0.4) is 0 Å². The van der Waals surface area contributed by atoms with Crippen molar-refractivity contribution in [2.24, 2.45) is 11.7 Å². The molecule has 1 saturated heterocycles. The van der Waals surface area contributed by atoms with Crippen molar-refractivity contribution in [1.82, 2.24) is 4.90 Å². The number of halogens is 1. The number of nitrogens with two attached hydrogens (primary N) is 1. The number of nitrogens with zero attached hydrogens (tertiary/aromatic N) is 1. The molecule has 2 nitrogen and oxygen atoms in total. The summed E-state index contributed by atoms with van der Waals surface area (Å²) in [4.78, 5) is 2.57. The summed E-state index contributed by atoms with van der Waals surface area (Å²) in [7, 11) is 0. The first kappa shape index (κ1) is 13.1. The van der Waals surface area contributed by atoms with E-state index >= 15 is 0 Å². The average molecular weight is 297 g/mol. The number of hydrogen-bond donors (Lipinski definition) is 1. The summed E-state index contributed by atoms with van der Waals surface area (Å²) in [6.07, 6.45) is 1.21. The van der Waals surface area contributed by atoms with Gasteiger partial charge in [0.2, 0.25) is 0 Å². The lowest BCUT2D eigenvalue weighted by molar-refractivity contribution is 0.184. The quantitative estimate of drug-likeness (QED) is 0.928. The van der Waals surface area contributed by atoms with Gasteiger partial charge < -0.3 is 5.73 Å². The summed E-state index contributed by atoms with van der Waals surface area (Å²) in [6.45, 7) is 6.48. The fraction of sp³-hybridized carbons (Fsp3) is 0.571. The molecule has 0 bridgehead atoms. The van der Waals surface area contributed by atoms with Crippen LogP contribution in [0, 0.1) is 5.92 Å². The van der Waals surface area contributed by atoms with Crippen LogP contribution < -0.4 is 5.73 Å². The maximum atomic E-state index is 5.92. The van der Waals surface area contributed by atoms with Gasteiger partial charge in [-0.3, -0.25) is 4.90 Å². The topological polar surface area (TPSA) is 29.3 Å². The maximum absolute atomic E-state index is 5.92. The Hall–Kier alpha value is -0.380. The van der Waals surface area contributed by atoms with Crippen LogP contribution in [0.25, 0.3) is 0 Å². The molecule has 3 heteroatoms. The Morgan fingerprint density at radius 3 is 2.82 bits per heavy atom. The van der Waals surface area contributed by atoms with E-state index in [9.17, 15) is 0 Å². The summed E-state index contributed by atoms with van der Waals surface area (Å²) in [5.41, 5.74) is 7.31. The average Bonchev–Trinajstić information content (AvgIpc) is 2.72. The Bertz CT molecular complexity index is 378. The van der Waals surface area contributed by atoms with Crippen LogP contribution in [-0.4, -0.2) is 24.0 Å². The molecule has 0 saturated carbocycles. The second-order valence-corrected chi connectivity index (χ2v) is 6.03. The van der Waals surface area contributed by atoms with Crippen LogP contribution in [-0.2, 0) is 0 Å². The summed E-state index contributed by atoms with van der Waals surface area (Å²) in [5, 5.41) is 0. The van der Waals surface area contributed by atoms with Crippen molar-refractivity contribution in [3.8, 4) is 0 Å². The number of benzene rings is 1. The van der Waals surface area contributed by atoms with E-state index in [-0.39, 0.29) is 0 Å². The smallest absolute Gasteiger partial charge is 0.0391 e. The van der Waals surface area contributed by atoms with Gasteiger partial charge in [0.25, 0.3) is 0 Å². The highest BCUT2D eigenvalue weighted by Gasteiger charge is 2.35. The molecule has 17 heavy (non-hydrogen) atoms. The van der Waals surface area contributed by atoms with Crippen molar-refractivity contribution in [2.75, 3.05) is 13.1 Å². The Morgan fingerprint density at radius 2 is 2.24 bits per heavy atom. The molecule has 2 unspecified atom stereocenters. The Balaban J connectivity index is 2.31. The monoisotopic (exact) mass is 296 g/mol. The lowest BCUT2D eigenvalue weighted by Crippen LogP contribution is -2.33. The molecule has 2 atom stereocenters. The first-order chi connectivity index (χ1) is 8.13. The number of likely N-dealkylation sites (tertiary alicyclic amines) is 1. The predicted octanol–water partition coefficient (Wildman–Crippen LogP) is 3.18. The van der Waals surface area contributed by atoms with Crippen LogP contribution in [0.5, 0.6) is 0 Å². The number of rotatable bonds is 3. The zero-order chi connectivity index (χ0) is 12.4. The maximum Gasteiger partial charge on any atom is 0.0391 e. The minimum atomic E-state index is 0.484. The third-order valence-electron chi connectivity index (χ3n) is 3.72. The van der Waals surface area contributed by atoms with E-state index in [1.165, 1.54) is 12.0 Å². The highest BCUT2D eigenvalue weighted by Crippen LogP contribution is 2.38.